The second-order valence-corrected chi connectivity index (χ2v) is 4.58. The van der Waals surface area contributed by atoms with Gasteiger partial charge in [0.1, 0.15) is 0 Å². The van der Waals surface area contributed by atoms with Crippen molar-refractivity contribution in [2.24, 2.45) is 5.73 Å². The van der Waals surface area contributed by atoms with Crippen molar-refractivity contribution in [1.29, 1.82) is 0 Å². The van der Waals surface area contributed by atoms with Crippen LogP contribution in [0.4, 0.5) is 0 Å². The Hall–Kier alpha value is -1.75. The largest absolute Gasteiger partial charge is 0.493 e. The van der Waals surface area contributed by atoms with Gasteiger partial charge in [-0.2, -0.15) is 0 Å². The lowest BCUT2D eigenvalue weighted by Crippen LogP contribution is -2.39. The van der Waals surface area contributed by atoms with Gasteiger partial charge in [0.25, 0.3) is 0 Å². The number of hydrogen-bond acceptors (Lipinski definition) is 4. The number of aryl methyl sites for hydroxylation is 1. The molecular formula is C14H22N2O3. The van der Waals surface area contributed by atoms with Gasteiger partial charge in [-0.1, -0.05) is 0 Å². The molecule has 1 rings (SSSR count). The van der Waals surface area contributed by atoms with Crippen LogP contribution in [0.25, 0.3) is 0 Å². The summed E-state index contributed by atoms with van der Waals surface area (Å²) in [5.41, 5.74) is 7.55. The third-order valence-corrected chi connectivity index (χ3v) is 3.01. The first-order valence-electron chi connectivity index (χ1n) is 6.19. The first-order valence-corrected chi connectivity index (χ1v) is 6.19. The molecule has 0 aliphatic carbocycles. The van der Waals surface area contributed by atoms with Gasteiger partial charge >= 0.3 is 0 Å². The first-order chi connectivity index (χ1) is 8.90. The molecule has 0 heterocycles. The molecule has 0 aliphatic heterocycles. The number of nitrogens with two attached hydrogens (primary N) is 1. The Labute approximate surface area is 114 Å². The van der Waals surface area contributed by atoms with Gasteiger partial charge in [0, 0.05) is 0 Å². The fourth-order valence-corrected chi connectivity index (χ4v) is 1.89. The Bertz CT molecular complexity index is 458. The van der Waals surface area contributed by atoms with Crippen LogP contribution in [0.1, 0.15) is 31.0 Å². The molecule has 0 bridgehead atoms. The Kier molecular flexibility index (Phi) is 5.18. The van der Waals surface area contributed by atoms with Gasteiger partial charge in [-0.3, -0.25) is 4.79 Å². The summed E-state index contributed by atoms with van der Waals surface area (Å²) >= 11 is 0. The molecular weight excluding hydrogens is 244 g/mol. The predicted octanol–water partition coefficient (Wildman–Crippen LogP) is 1.54. The molecule has 0 radical (unpaired) electrons. The molecule has 0 aliphatic rings. The van der Waals surface area contributed by atoms with E-state index in [1.54, 1.807) is 21.1 Å². The summed E-state index contributed by atoms with van der Waals surface area (Å²) in [4.78, 5) is 11.6. The summed E-state index contributed by atoms with van der Waals surface area (Å²) in [6, 6.07) is 3.10. The monoisotopic (exact) mass is 266 g/mol. The zero-order chi connectivity index (χ0) is 14.6. The minimum absolute atomic E-state index is 0.140. The lowest BCUT2D eigenvalue weighted by Gasteiger charge is -2.20. The highest BCUT2D eigenvalue weighted by Gasteiger charge is 2.17. The van der Waals surface area contributed by atoms with Crippen LogP contribution >= 0.6 is 0 Å². The third kappa shape index (κ3) is 3.61. The molecule has 0 saturated carbocycles. The number of methoxy groups -OCH3 is 2. The van der Waals surface area contributed by atoms with Crippen molar-refractivity contribution in [2.45, 2.75) is 32.9 Å². The van der Waals surface area contributed by atoms with Crippen LogP contribution in [-0.2, 0) is 4.79 Å². The van der Waals surface area contributed by atoms with Crippen molar-refractivity contribution in [3.05, 3.63) is 23.3 Å². The Balaban J connectivity index is 3.03. The van der Waals surface area contributed by atoms with Crippen molar-refractivity contribution >= 4 is 5.91 Å². The predicted molar refractivity (Wildman–Crippen MR) is 74.5 cm³/mol. The summed E-state index contributed by atoms with van der Waals surface area (Å²) < 4.78 is 10.5. The van der Waals surface area contributed by atoms with Crippen LogP contribution in [-0.4, -0.2) is 26.2 Å². The summed E-state index contributed by atoms with van der Waals surface area (Å²) in [5.74, 6) is 1.14. The zero-order valence-electron chi connectivity index (χ0n) is 12.1. The highest BCUT2D eigenvalue weighted by molar-refractivity contribution is 5.81. The molecule has 5 nitrogen and oxygen atoms in total. The molecule has 106 valence electrons. The molecule has 2 atom stereocenters. The Morgan fingerprint density at radius 3 is 2.21 bits per heavy atom. The Morgan fingerprint density at radius 1 is 1.21 bits per heavy atom. The van der Waals surface area contributed by atoms with Crippen LogP contribution in [0.5, 0.6) is 11.5 Å². The second kappa shape index (κ2) is 6.43. The highest BCUT2D eigenvalue weighted by Crippen LogP contribution is 2.32. The minimum Gasteiger partial charge on any atom is -0.493 e. The van der Waals surface area contributed by atoms with Crippen LogP contribution in [0.2, 0.25) is 0 Å². The number of benzene rings is 1. The normalized spacial score (nSPS) is 13.6. The number of carbonyl (C=O) groups is 1. The van der Waals surface area contributed by atoms with Gasteiger partial charge in [0.2, 0.25) is 5.91 Å². The maximum absolute atomic E-state index is 11.6. The molecule has 1 amide bonds. The first kappa shape index (κ1) is 15.3. The molecule has 0 saturated heterocycles. The van der Waals surface area contributed by atoms with Gasteiger partial charge in [0.05, 0.1) is 26.3 Å². The van der Waals surface area contributed by atoms with Gasteiger partial charge in [-0.25, -0.2) is 0 Å². The van der Waals surface area contributed by atoms with Crippen molar-refractivity contribution in [2.75, 3.05) is 14.2 Å². The zero-order valence-corrected chi connectivity index (χ0v) is 12.1. The van der Waals surface area contributed by atoms with E-state index in [0.717, 1.165) is 11.1 Å². The fraction of sp³-hybridized carbons (Fsp3) is 0.500. The van der Waals surface area contributed by atoms with Gasteiger partial charge in [-0.15, -0.1) is 0 Å². The molecule has 3 N–H and O–H groups in total. The minimum atomic E-state index is -0.525. The number of amides is 1. The van der Waals surface area contributed by atoms with Crippen molar-refractivity contribution in [3.8, 4) is 11.5 Å². The van der Waals surface area contributed by atoms with E-state index in [-0.39, 0.29) is 11.9 Å². The van der Waals surface area contributed by atoms with E-state index in [0.29, 0.717) is 11.5 Å². The molecule has 19 heavy (non-hydrogen) atoms. The average Bonchev–Trinajstić information content (AvgIpc) is 2.37. The molecule has 0 spiro atoms. The van der Waals surface area contributed by atoms with Crippen LogP contribution in [0.3, 0.4) is 0 Å². The van der Waals surface area contributed by atoms with E-state index in [1.807, 2.05) is 26.0 Å². The van der Waals surface area contributed by atoms with Gasteiger partial charge in [-0.05, 0) is 44.0 Å². The summed E-state index contributed by atoms with van der Waals surface area (Å²) in [6.45, 7) is 5.53. The SMILES string of the molecule is COc1cc(C)c(C(C)NC(=O)[C@@H](C)N)cc1OC. The number of hydrogen-bond donors (Lipinski definition) is 2. The number of rotatable bonds is 5. The number of carbonyl (C=O) groups excluding carboxylic acids is 1. The maximum Gasteiger partial charge on any atom is 0.237 e. The summed E-state index contributed by atoms with van der Waals surface area (Å²) in [5, 5.41) is 2.86. The van der Waals surface area contributed by atoms with Gasteiger partial charge in [0.15, 0.2) is 11.5 Å². The number of nitrogens with one attached hydrogen (secondary N) is 1. The van der Waals surface area contributed by atoms with Crippen LogP contribution in [0.15, 0.2) is 12.1 Å². The van der Waals surface area contributed by atoms with E-state index in [1.165, 1.54) is 0 Å². The standard InChI is InChI=1S/C14H22N2O3/c1-8-6-12(18-4)13(19-5)7-11(8)10(3)16-14(17)9(2)15/h6-7,9-10H,15H2,1-5H3,(H,16,17)/t9-,10?/m1/s1. The highest BCUT2D eigenvalue weighted by atomic mass is 16.5. The fourth-order valence-electron chi connectivity index (χ4n) is 1.89. The van der Waals surface area contributed by atoms with Crippen molar-refractivity contribution < 1.29 is 14.3 Å². The van der Waals surface area contributed by atoms with E-state index in [2.05, 4.69) is 5.32 Å². The number of ether oxygens (including phenoxy) is 2. The smallest absolute Gasteiger partial charge is 0.237 e. The maximum atomic E-state index is 11.6. The van der Waals surface area contributed by atoms with Crippen molar-refractivity contribution in [3.63, 3.8) is 0 Å². The van der Waals surface area contributed by atoms with E-state index in [4.69, 9.17) is 15.2 Å². The average molecular weight is 266 g/mol. The second-order valence-electron chi connectivity index (χ2n) is 4.58. The molecule has 5 heteroatoms. The van der Waals surface area contributed by atoms with E-state index in [9.17, 15) is 4.79 Å². The Morgan fingerprint density at radius 2 is 1.74 bits per heavy atom. The quantitative estimate of drug-likeness (QED) is 0.847. The molecule has 1 aromatic rings. The van der Waals surface area contributed by atoms with Crippen LogP contribution < -0.4 is 20.5 Å². The van der Waals surface area contributed by atoms with Crippen molar-refractivity contribution in [1.82, 2.24) is 5.32 Å². The third-order valence-electron chi connectivity index (χ3n) is 3.01. The molecule has 1 aromatic carbocycles. The molecule has 0 fully saturated rings. The molecule has 1 unspecified atom stereocenters. The topological polar surface area (TPSA) is 73.6 Å². The van der Waals surface area contributed by atoms with E-state index < -0.39 is 6.04 Å². The van der Waals surface area contributed by atoms with Gasteiger partial charge < -0.3 is 20.5 Å². The summed E-state index contributed by atoms with van der Waals surface area (Å²) in [6.07, 6.45) is 0. The summed E-state index contributed by atoms with van der Waals surface area (Å²) in [7, 11) is 3.18. The molecule has 0 aromatic heterocycles. The van der Waals surface area contributed by atoms with Crippen LogP contribution in [0, 0.1) is 6.92 Å². The van der Waals surface area contributed by atoms with E-state index >= 15 is 0 Å². The lowest BCUT2D eigenvalue weighted by molar-refractivity contribution is -0.122. The lowest BCUT2D eigenvalue weighted by atomic mass is 10.0.